The summed E-state index contributed by atoms with van der Waals surface area (Å²) in [5, 5.41) is 3.84. The van der Waals surface area contributed by atoms with Crippen molar-refractivity contribution in [2.24, 2.45) is 5.92 Å². The van der Waals surface area contributed by atoms with Gasteiger partial charge in [-0.05, 0) is 55.3 Å². The molecule has 1 fully saturated rings. The summed E-state index contributed by atoms with van der Waals surface area (Å²) in [5.74, 6) is -0.146. The van der Waals surface area contributed by atoms with Crippen molar-refractivity contribution in [1.29, 1.82) is 0 Å². The number of anilines is 1. The molecule has 0 saturated carbocycles. The Balaban J connectivity index is 1.48. The van der Waals surface area contributed by atoms with Crippen LogP contribution in [-0.2, 0) is 14.8 Å². The largest absolute Gasteiger partial charge is 0.310 e. The van der Waals surface area contributed by atoms with Gasteiger partial charge in [0, 0.05) is 22.9 Å². The van der Waals surface area contributed by atoms with Crippen LogP contribution in [0, 0.1) is 5.92 Å². The maximum absolute atomic E-state index is 12.9. The molecular formula is C21H20BrN3O3S. The van der Waals surface area contributed by atoms with Crippen LogP contribution in [0.15, 0.2) is 70.0 Å². The van der Waals surface area contributed by atoms with Crippen molar-refractivity contribution in [3.05, 3.63) is 65.1 Å². The van der Waals surface area contributed by atoms with Crippen molar-refractivity contribution in [2.75, 3.05) is 18.4 Å². The highest BCUT2D eigenvalue weighted by Crippen LogP contribution is 2.26. The zero-order valence-electron chi connectivity index (χ0n) is 15.6. The zero-order chi connectivity index (χ0) is 20.4. The van der Waals surface area contributed by atoms with Gasteiger partial charge >= 0.3 is 0 Å². The van der Waals surface area contributed by atoms with E-state index < -0.39 is 15.9 Å². The standard InChI is InChI=1S/C21H20BrN3O3S/c22-17-8-10-18(11-9-17)29(27,28)25-13-3-5-16(14-25)21(26)24-20-12-7-15-4-1-2-6-19(15)23-20/h1-2,4,6-12,16H,3,5,13-14H2,(H,23,24,26). The predicted molar refractivity (Wildman–Crippen MR) is 116 cm³/mol. The number of nitrogens with zero attached hydrogens (tertiary/aromatic N) is 2. The second kappa shape index (κ2) is 8.22. The lowest BCUT2D eigenvalue weighted by atomic mass is 9.99. The van der Waals surface area contributed by atoms with E-state index in [1.165, 1.54) is 4.31 Å². The molecule has 0 bridgehead atoms. The molecule has 1 amide bonds. The van der Waals surface area contributed by atoms with E-state index in [4.69, 9.17) is 0 Å². The highest BCUT2D eigenvalue weighted by atomic mass is 79.9. The number of pyridine rings is 1. The van der Waals surface area contributed by atoms with E-state index in [1.54, 1.807) is 30.3 Å². The predicted octanol–water partition coefficient (Wildman–Crippen LogP) is 4.04. The van der Waals surface area contributed by atoms with Gasteiger partial charge in [-0.15, -0.1) is 0 Å². The van der Waals surface area contributed by atoms with Gasteiger partial charge in [-0.2, -0.15) is 4.31 Å². The Bertz CT molecular complexity index is 1150. The van der Waals surface area contributed by atoms with Crippen LogP contribution in [-0.4, -0.2) is 36.7 Å². The van der Waals surface area contributed by atoms with E-state index in [0.717, 1.165) is 15.4 Å². The number of carbonyl (C=O) groups excluding carboxylic acids is 1. The molecule has 3 aromatic rings. The number of fused-ring (bicyclic) bond motifs is 1. The molecule has 6 nitrogen and oxygen atoms in total. The molecule has 0 aliphatic carbocycles. The van der Waals surface area contributed by atoms with Gasteiger partial charge in [0.15, 0.2) is 0 Å². The number of carbonyl (C=O) groups is 1. The molecule has 1 N–H and O–H groups in total. The summed E-state index contributed by atoms with van der Waals surface area (Å²) in [6, 6.07) is 17.9. The van der Waals surface area contributed by atoms with Crippen molar-refractivity contribution >= 4 is 48.6 Å². The molecule has 1 aromatic heterocycles. The number of halogens is 1. The SMILES string of the molecule is O=C(Nc1ccc2ccccc2n1)C1CCCN(S(=O)(=O)c2ccc(Br)cc2)C1. The maximum atomic E-state index is 12.9. The second-order valence-corrected chi connectivity index (χ2v) is 9.89. The number of benzene rings is 2. The van der Waals surface area contributed by atoms with Crippen LogP contribution in [0.5, 0.6) is 0 Å². The number of nitrogens with one attached hydrogen (secondary N) is 1. The lowest BCUT2D eigenvalue weighted by Crippen LogP contribution is -2.43. The average Bonchev–Trinajstić information content (AvgIpc) is 2.74. The molecule has 1 aliphatic heterocycles. The van der Waals surface area contributed by atoms with Crippen LogP contribution >= 0.6 is 15.9 Å². The molecule has 1 atom stereocenters. The van der Waals surface area contributed by atoms with Crippen molar-refractivity contribution in [1.82, 2.24) is 9.29 Å². The van der Waals surface area contributed by atoms with Gasteiger partial charge in [-0.1, -0.05) is 34.1 Å². The Morgan fingerprint density at radius 2 is 1.83 bits per heavy atom. The average molecular weight is 474 g/mol. The molecule has 2 aromatic carbocycles. The minimum atomic E-state index is -3.63. The Hall–Kier alpha value is -2.29. The molecule has 1 aliphatic rings. The fourth-order valence-electron chi connectivity index (χ4n) is 3.49. The van der Waals surface area contributed by atoms with E-state index in [9.17, 15) is 13.2 Å². The lowest BCUT2D eigenvalue weighted by molar-refractivity contribution is -0.120. The quantitative estimate of drug-likeness (QED) is 0.619. The molecular weight excluding hydrogens is 454 g/mol. The Kier molecular flexibility index (Phi) is 5.67. The summed E-state index contributed by atoms with van der Waals surface area (Å²) in [7, 11) is -3.63. The first-order chi connectivity index (χ1) is 13.9. The first-order valence-corrected chi connectivity index (χ1v) is 11.6. The molecule has 2 heterocycles. The lowest BCUT2D eigenvalue weighted by Gasteiger charge is -2.31. The number of hydrogen-bond acceptors (Lipinski definition) is 4. The Labute approximate surface area is 178 Å². The van der Waals surface area contributed by atoms with Gasteiger partial charge in [0.05, 0.1) is 16.3 Å². The van der Waals surface area contributed by atoms with Gasteiger partial charge in [0.25, 0.3) is 0 Å². The number of aromatic nitrogens is 1. The van der Waals surface area contributed by atoms with E-state index in [-0.39, 0.29) is 17.3 Å². The van der Waals surface area contributed by atoms with Gasteiger partial charge < -0.3 is 5.32 Å². The fourth-order valence-corrected chi connectivity index (χ4v) is 5.28. The molecule has 150 valence electrons. The van der Waals surface area contributed by atoms with Crippen molar-refractivity contribution in [3.8, 4) is 0 Å². The van der Waals surface area contributed by atoms with E-state index >= 15 is 0 Å². The van der Waals surface area contributed by atoms with Crippen LogP contribution in [0.4, 0.5) is 5.82 Å². The van der Waals surface area contributed by atoms with Crippen LogP contribution in [0.2, 0.25) is 0 Å². The summed E-state index contributed by atoms with van der Waals surface area (Å²) >= 11 is 3.32. The Morgan fingerprint density at radius 3 is 2.62 bits per heavy atom. The number of sulfonamides is 1. The summed E-state index contributed by atoms with van der Waals surface area (Å²) < 4.78 is 28.1. The minimum Gasteiger partial charge on any atom is -0.310 e. The zero-order valence-corrected chi connectivity index (χ0v) is 18.0. The van der Waals surface area contributed by atoms with Gasteiger partial charge in [-0.25, -0.2) is 13.4 Å². The smallest absolute Gasteiger partial charge is 0.243 e. The first kappa shape index (κ1) is 20.0. The number of piperidine rings is 1. The third-order valence-corrected chi connectivity index (χ3v) is 7.46. The summed E-state index contributed by atoms with van der Waals surface area (Å²) in [6.07, 6.45) is 1.28. The highest BCUT2D eigenvalue weighted by molar-refractivity contribution is 9.10. The van der Waals surface area contributed by atoms with Crippen LogP contribution in [0.3, 0.4) is 0 Å². The van der Waals surface area contributed by atoms with E-state index in [1.807, 2.05) is 30.3 Å². The number of para-hydroxylation sites is 1. The van der Waals surface area contributed by atoms with Gasteiger partial charge in [0.2, 0.25) is 15.9 Å². The molecule has 0 spiro atoms. The van der Waals surface area contributed by atoms with Gasteiger partial charge in [0.1, 0.15) is 5.82 Å². The molecule has 4 rings (SSSR count). The molecule has 1 unspecified atom stereocenters. The van der Waals surface area contributed by atoms with E-state index in [0.29, 0.717) is 25.2 Å². The second-order valence-electron chi connectivity index (χ2n) is 7.03. The molecule has 1 saturated heterocycles. The Morgan fingerprint density at radius 1 is 1.07 bits per heavy atom. The van der Waals surface area contributed by atoms with Crippen molar-refractivity contribution in [3.63, 3.8) is 0 Å². The third kappa shape index (κ3) is 4.34. The molecule has 0 radical (unpaired) electrons. The monoisotopic (exact) mass is 473 g/mol. The fraction of sp³-hybridized carbons (Fsp3) is 0.238. The molecule has 29 heavy (non-hydrogen) atoms. The van der Waals surface area contributed by atoms with Crippen LogP contribution < -0.4 is 5.32 Å². The molecule has 8 heteroatoms. The third-order valence-electron chi connectivity index (χ3n) is 5.06. The van der Waals surface area contributed by atoms with Crippen LogP contribution in [0.25, 0.3) is 10.9 Å². The number of amides is 1. The number of rotatable bonds is 4. The summed E-state index contributed by atoms with van der Waals surface area (Å²) in [5.41, 5.74) is 0.799. The van der Waals surface area contributed by atoms with Crippen LogP contribution in [0.1, 0.15) is 12.8 Å². The van der Waals surface area contributed by atoms with Crippen molar-refractivity contribution in [2.45, 2.75) is 17.7 Å². The minimum absolute atomic E-state index is 0.164. The maximum Gasteiger partial charge on any atom is 0.243 e. The highest BCUT2D eigenvalue weighted by Gasteiger charge is 2.33. The van der Waals surface area contributed by atoms with Gasteiger partial charge in [-0.3, -0.25) is 4.79 Å². The van der Waals surface area contributed by atoms with E-state index in [2.05, 4.69) is 26.2 Å². The van der Waals surface area contributed by atoms with Crippen molar-refractivity contribution < 1.29 is 13.2 Å². The topological polar surface area (TPSA) is 79.4 Å². The summed E-state index contributed by atoms with van der Waals surface area (Å²) in [6.45, 7) is 0.578. The first-order valence-electron chi connectivity index (χ1n) is 9.36. The normalized spacial score (nSPS) is 17.9. The number of hydrogen-bond donors (Lipinski definition) is 1. The summed E-state index contributed by atoms with van der Waals surface area (Å²) in [4.78, 5) is 17.5.